The van der Waals surface area contributed by atoms with Crippen LogP contribution in [0.25, 0.3) is 17.0 Å². The molecule has 0 fully saturated rings. The third-order valence-corrected chi connectivity index (χ3v) is 4.27. The number of fused-ring (bicyclic) bond motifs is 1. The Hall–Kier alpha value is -3.54. The number of benzene rings is 2. The predicted molar refractivity (Wildman–Crippen MR) is 104 cm³/mol. The van der Waals surface area contributed by atoms with E-state index < -0.39 is 0 Å². The summed E-state index contributed by atoms with van der Waals surface area (Å²) in [5.74, 6) is 0.572. The molecule has 0 radical (unpaired) electrons. The van der Waals surface area contributed by atoms with Gasteiger partial charge in [0.15, 0.2) is 17.3 Å². The number of carbonyl (C=O) groups is 1. The summed E-state index contributed by atoms with van der Waals surface area (Å²) in [6.07, 6.45) is 2.80. The minimum Gasteiger partial charge on any atom is -0.504 e. The Morgan fingerprint density at radius 1 is 1.11 bits per heavy atom. The van der Waals surface area contributed by atoms with Gasteiger partial charge in [-0.1, -0.05) is 0 Å². The summed E-state index contributed by atoms with van der Waals surface area (Å²) in [4.78, 5) is 27.5. The van der Waals surface area contributed by atoms with Gasteiger partial charge < -0.3 is 19.6 Å². The molecule has 3 aromatic rings. The molecule has 1 heterocycles. The number of pyridine rings is 1. The summed E-state index contributed by atoms with van der Waals surface area (Å²) < 4.78 is 10.2. The number of rotatable bonds is 5. The van der Waals surface area contributed by atoms with Gasteiger partial charge >= 0.3 is 0 Å². The minimum atomic E-state index is -0.306. The van der Waals surface area contributed by atoms with E-state index in [2.05, 4.69) is 4.98 Å². The van der Waals surface area contributed by atoms with Crippen molar-refractivity contribution < 1.29 is 19.4 Å². The number of aromatic hydroxyl groups is 1. The number of methoxy groups -OCH3 is 2. The number of phenols is 1. The van der Waals surface area contributed by atoms with E-state index in [4.69, 9.17) is 9.47 Å². The van der Waals surface area contributed by atoms with Crippen LogP contribution in [0.5, 0.6) is 17.2 Å². The zero-order valence-corrected chi connectivity index (χ0v) is 15.2. The van der Waals surface area contributed by atoms with Crippen LogP contribution in [-0.2, 0) is 0 Å². The molecule has 1 aromatic heterocycles. The smallest absolute Gasteiger partial charge is 0.255 e. The fraction of sp³-hybridized carbons (Fsp3) is 0.143. The maximum atomic E-state index is 12.5. The zero-order chi connectivity index (χ0) is 19.6. The number of hydrogen-bond acceptors (Lipinski definition) is 5. The Kier molecular flexibility index (Phi) is 4.98. The van der Waals surface area contributed by atoms with Gasteiger partial charge in [0.05, 0.1) is 19.7 Å². The van der Waals surface area contributed by atoms with Gasteiger partial charge in [-0.25, -0.2) is 0 Å². The molecular formula is C21H19NO5. The van der Waals surface area contributed by atoms with E-state index in [0.717, 1.165) is 5.39 Å². The summed E-state index contributed by atoms with van der Waals surface area (Å²) in [7, 11) is 2.98. The second-order valence-corrected chi connectivity index (χ2v) is 6.05. The highest BCUT2D eigenvalue weighted by atomic mass is 16.5. The van der Waals surface area contributed by atoms with Crippen LogP contribution < -0.4 is 15.0 Å². The lowest BCUT2D eigenvalue weighted by molar-refractivity contribution is 0.104. The number of ether oxygens (including phenoxy) is 2. The third-order valence-electron chi connectivity index (χ3n) is 4.27. The van der Waals surface area contributed by atoms with Crippen molar-refractivity contribution in [2.75, 3.05) is 14.2 Å². The van der Waals surface area contributed by atoms with Crippen LogP contribution in [-0.4, -0.2) is 30.1 Å². The van der Waals surface area contributed by atoms with E-state index in [9.17, 15) is 14.7 Å². The van der Waals surface area contributed by atoms with Crippen LogP contribution in [0.1, 0.15) is 21.5 Å². The highest BCUT2D eigenvalue weighted by molar-refractivity contribution is 6.07. The van der Waals surface area contributed by atoms with Crippen LogP contribution in [0, 0.1) is 6.92 Å². The first-order valence-corrected chi connectivity index (χ1v) is 8.24. The molecule has 0 saturated heterocycles. The molecule has 6 heteroatoms. The monoisotopic (exact) mass is 365 g/mol. The Bertz CT molecular complexity index is 1110. The first-order valence-electron chi connectivity index (χ1n) is 8.24. The molecular weight excluding hydrogens is 346 g/mol. The molecule has 0 saturated carbocycles. The minimum absolute atomic E-state index is 0.000527. The van der Waals surface area contributed by atoms with Gasteiger partial charge in [0.2, 0.25) is 0 Å². The fourth-order valence-corrected chi connectivity index (χ4v) is 2.75. The summed E-state index contributed by atoms with van der Waals surface area (Å²) in [5, 5.41) is 10.7. The van der Waals surface area contributed by atoms with Crippen molar-refractivity contribution in [1.29, 1.82) is 0 Å². The molecule has 0 unspecified atom stereocenters. The number of H-pyrrole nitrogens is 1. The second kappa shape index (κ2) is 7.37. The first-order chi connectivity index (χ1) is 12.9. The maximum Gasteiger partial charge on any atom is 0.255 e. The van der Waals surface area contributed by atoms with E-state index in [1.165, 1.54) is 25.3 Å². The third kappa shape index (κ3) is 3.69. The lowest BCUT2D eigenvalue weighted by Gasteiger charge is -2.08. The molecule has 27 heavy (non-hydrogen) atoms. The van der Waals surface area contributed by atoms with Crippen molar-refractivity contribution in [3.05, 3.63) is 69.5 Å². The molecule has 0 atom stereocenters. The Labute approximate surface area is 155 Å². The van der Waals surface area contributed by atoms with Crippen molar-refractivity contribution in [2.45, 2.75) is 6.92 Å². The molecule has 2 N–H and O–H groups in total. The highest BCUT2D eigenvalue weighted by Gasteiger charge is 2.11. The summed E-state index contributed by atoms with van der Waals surface area (Å²) in [5.41, 5.74) is 1.61. The molecule has 0 aliphatic rings. The van der Waals surface area contributed by atoms with Crippen molar-refractivity contribution in [3.63, 3.8) is 0 Å². The van der Waals surface area contributed by atoms with Crippen molar-refractivity contribution in [2.24, 2.45) is 0 Å². The van der Waals surface area contributed by atoms with Gasteiger partial charge in [0.1, 0.15) is 5.75 Å². The molecule has 2 aromatic carbocycles. The topological polar surface area (TPSA) is 88.6 Å². The number of nitrogens with one attached hydrogen (secondary N) is 1. The van der Waals surface area contributed by atoms with E-state index >= 15 is 0 Å². The number of aryl methyl sites for hydroxylation is 1. The summed E-state index contributed by atoms with van der Waals surface area (Å²) in [6, 6.07) is 10.1. The average molecular weight is 365 g/mol. The molecule has 3 rings (SSSR count). The normalized spacial score (nSPS) is 11.1. The number of ketones is 1. The predicted octanol–water partition coefficient (Wildman–Crippen LogP) is 3.46. The van der Waals surface area contributed by atoms with Gasteiger partial charge in [0.25, 0.3) is 5.56 Å². The van der Waals surface area contributed by atoms with Crippen LogP contribution in [0.15, 0.2) is 47.3 Å². The van der Waals surface area contributed by atoms with Gasteiger partial charge in [-0.3, -0.25) is 9.59 Å². The second-order valence-electron chi connectivity index (χ2n) is 6.05. The van der Waals surface area contributed by atoms with E-state index in [1.54, 1.807) is 38.3 Å². The van der Waals surface area contributed by atoms with Crippen LogP contribution >= 0.6 is 0 Å². The van der Waals surface area contributed by atoms with Gasteiger partial charge in [-0.05, 0) is 60.4 Å². The van der Waals surface area contributed by atoms with Crippen LogP contribution in [0.2, 0.25) is 0 Å². The standard InChI is InChI=1S/C21H19NO5/c1-12-8-15(10-19(27-3)20(12)24)18(23)7-5-14-9-13-4-6-16(26-2)11-17(13)22-21(14)25/h4-11,24H,1-3H3,(H,22,25)/b7-5+. The van der Waals surface area contributed by atoms with Crippen molar-refractivity contribution in [1.82, 2.24) is 4.98 Å². The number of hydrogen-bond donors (Lipinski definition) is 2. The van der Waals surface area contributed by atoms with E-state index in [-0.39, 0.29) is 22.8 Å². The molecule has 0 bridgehead atoms. The number of aromatic nitrogens is 1. The molecule has 0 spiro atoms. The van der Waals surface area contributed by atoms with Crippen molar-refractivity contribution in [3.8, 4) is 17.2 Å². The van der Waals surface area contributed by atoms with Gasteiger partial charge in [-0.2, -0.15) is 0 Å². The largest absolute Gasteiger partial charge is 0.504 e. The number of aromatic amines is 1. The quantitative estimate of drug-likeness (QED) is 0.534. The molecule has 0 amide bonds. The van der Waals surface area contributed by atoms with Crippen LogP contribution in [0.3, 0.4) is 0 Å². The van der Waals surface area contributed by atoms with E-state index in [1.807, 2.05) is 6.07 Å². The molecule has 6 nitrogen and oxygen atoms in total. The summed E-state index contributed by atoms with van der Waals surface area (Å²) >= 11 is 0. The maximum absolute atomic E-state index is 12.5. The zero-order valence-electron chi connectivity index (χ0n) is 15.2. The number of allylic oxidation sites excluding steroid dienone is 1. The summed E-state index contributed by atoms with van der Waals surface area (Å²) in [6.45, 7) is 1.68. The Morgan fingerprint density at radius 2 is 1.89 bits per heavy atom. The Balaban J connectivity index is 1.94. The Morgan fingerprint density at radius 3 is 2.59 bits per heavy atom. The van der Waals surface area contributed by atoms with Gasteiger partial charge in [0, 0.05) is 17.2 Å². The molecule has 0 aliphatic carbocycles. The average Bonchev–Trinajstić information content (AvgIpc) is 2.67. The van der Waals surface area contributed by atoms with Gasteiger partial charge in [-0.15, -0.1) is 0 Å². The molecule has 138 valence electrons. The lowest BCUT2D eigenvalue weighted by atomic mass is 10.0. The fourth-order valence-electron chi connectivity index (χ4n) is 2.75. The van der Waals surface area contributed by atoms with E-state index in [0.29, 0.717) is 28.0 Å². The van der Waals surface area contributed by atoms with Crippen LogP contribution in [0.4, 0.5) is 0 Å². The lowest BCUT2D eigenvalue weighted by Crippen LogP contribution is -2.09. The first kappa shape index (κ1) is 18.3. The number of carbonyl (C=O) groups excluding carboxylic acids is 1. The highest BCUT2D eigenvalue weighted by Crippen LogP contribution is 2.31. The molecule has 0 aliphatic heterocycles. The number of phenolic OH excluding ortho intramolecular Hbond substituents is 1. The van der Waals surface area contributed by atoms with Crippen molar-refractivity contribution >= 4 is 22.8 Å². The SMILES string of the molecule is COc1ccc2cc(/C=C/C(=O)c3cc(C)c(O)c(OC)c3)c(=O)[nH]c2c1.